The number of hydrogen-bond donors (Lipinski definition) is 0. The van der Waals surface area contributed by atoms with Crippen molar-refractivity contribution >= 4 is 5.78 Å². The third-order valence-electron chi connectivity index (χ3n) is 4.45. The van der Waals surface area contributed by atoms with Crippen LogP contribution in [0.25, 0.3) is 0 Å². The third kappa shape index (κ3) is 3.90. The summed E-state index contributed by atoms with van der Waals surface area (Å²) in [5, 5.41) is 0. The van der Waals surface area contributed by atoms with Crippen LogP contribution in [0.1, 0.15) is 42.6 Å². The van der Waals surface area contributed by atoms with Crippen LogP contribution in [-0.4, -0.2) is 30.3 Å². The summed E-state index contributed by atoms with van der Waals surface area (Å²) in [5.41, 5.74) is 2.06. The van der Waals surface area contributed by atoms with Gasteiger partial charge >= 0.3 is 0 Å². The highest BCUT2D eigenvalue weighted by molar-refractivity contribution is 5.96. The lowest BCUT2D eigenvalue weighted by Crippen LogP contribution is -2.39. The molecule has 2 rings (SSSR count). The molecular weight excluding hydrogens is 234 g/mol. The van der Waals surface area contributed by atoms with Crippen molar-refractivity contribution in [2.24, 2.45) is 11.8 Å². The lowest BCUT2D eigenvalue weighted by atomic mass is 9.88. The monoisotopic (exact) mass is 259 g/mol. The largest absolute Gasteiger partial charge is 0.303 e. The van der Waals surface area contributed by atoms with Crippen molar-refractivity contribution in [3.8, 4) is 0 Å². The van der Waals surface area contributed by atoms with E-state index in [-0.39, 0.29) is 5.78 Å². The molecule has 2 atom stereocenters. The van der Waals surface area contributed by atoms with Gasteiger partial charge in [-0.3, -0.25) is 4.79 Å². The van der Waals surface area contributed by atoms with Crippen LogP contribution in [0.3, 0.4) is 0 Å². The molecule has 0 aliphatic carbocycles. The number of hydrogen-bond acceptors (Lipinski definition) is 2. The van der Waals surface area contributed by atoms with Gasteiger partial charge < -0.3 is 4.90 Å². The molecule has 2 heteroatoms. The number of benzene rings is 1. The average Bonchev–Trinajstić information content (AvgIpc) is 2.40. The van der Waals surface area contributed by atoms with Gasteiger partial charge in [-0.15, -0.1) is 0 Å². The maximum absolute atomic E-state index is 12.1. The third-order valence-corrected chi connectivity index (χ3v) is 4.45. The number of ketones is 1. The van der Waals surface area contributed by atoms with Gasteiger partial charge in [0.1, 0.15) is 0 Å². The van der Waals surface area contributed by atoms with Crippen molar-refractivity contribution < 1.29 is 4.79 Å². The van der Waals surface area contributed by atoms with Crippen molar-refractivity contribution in [2.75, 3.05) is 19.6 Å². The number of rotatable bonds is 4. The molecule has 0 spiro atoms. The number of aryl methyl sites for hydroxylation is 1. The fraction of sp³-hybridized carbons (Fsp3) is 0.588. The van der Waals surface area contributed by atoms with Gasteiger partial charge in [-0.1, -0.05) is 43.7 Å². The lowest BCUT2D eigenvalue weighted by molar-refractivity contribution is 0.0927. The lowest BCUT2D eigenvalue weighted by Gasteiger charge is -2.35. The van der Waals surface area contributed by atoms with Crippen LogP contribution < -0.4 is 0 Å². The summed E-state index contributed by atoms with van der Waals surface area (Å²) in [6.45, 7) is 9.89. The van der Waals surface area contributed by atoms with E-state index in [0.29, 0.717) is 6.42 Å². The Hall–Kier alpha value is -1.15. The molecule has 2 unspecified atom stereocenters. The van der Waals surface area contributed by atoms with E-state index >= 15 is 0 Å². The Morgan fingerprint density at radius 1 is 1.21 bits per heavy atom. The van der Waals surface area contributed by atoms with E-state index in [4.69, 9.17) is 0 Å². The molecular formula is C17H25NO. The van der Waals surface area contributed by atoms with E-state index in [1.165, 1.54) is 12.0 Å². The van der Waals surface area contributed by atoms with Gasteiger partial charge in [0.2, 0.25) is 0 Å². The molecule has 1 saturated heterocycles. The quantitative estimate of drug-likeness (QED) is 0.771. The van der Waals surface area contributed by atoms with Crippen molar-refractivity contribution in [2.45, 2.75) is 33.6 Å². The highest BCUT2D eigenvalue weighted by Crippen LogP contribution is 2.22. The van der Waals surface area contributed by atoms with Gasteiger partial charge in [-0.2, -0.15) is 0 Å². The smallest absolute Gasteiger partial charge is 0.164 e. The summed E-state index contributed by atoms with van der Waals surface area (Å²) in [4.78, 5) is 14.6. The SMILES string of the molecule is Cc1ccc(C(=O)CCN2CCC(C)C(C)C2)cc1. The van der Waals surface area contributed by atoms with Gasteiger partial charge in [0.25, 0.3) is 0 Å². The Labute approximate surface area is 116 Å². The van der Waals surface area contributed by atoms with Crippen LogP contribution in [0.4, 0.5) is 0 Å². The summed E-state index contributed by atoms with van der Waals surface area (Å²) in [5.74, 6) is 1.85. The molecule has 0 saturated carbocycles. The molecule has 0 bridgehead atoms. The van der Waals surface area contributed by atoms with E-state index in [9.17, 15) is 4.79 Å². The number of carbonyl (C=O) groups excluding carboxylic acids is 1. The number of nitrogens with zero attached hydrogens (tertiary/aromatic N) is 1. The van der Waals surface area contributed by atoms with Gasteiger partial charge in [0, 0.05) is 25.1 Å². The average molecular weight is 259 g/mol. The summed E-state index contributed by atoms with van der Waals surface area (Å²) in [6.07, 6.45) is 1.91. The summed E-state index contributed by atoms with van der Waals surface area (Å²) in [6, 6.07) is 7.91. The number of Topliss-reactive ketones (excluding diaryl/α,β-unsaturated/α-hetero) is 1. The van der Waals surface area contributed by atoms with Crippen molar-refractivity contribution in [1.82, 2.24) is 4.90 Å². The highest BCUT2D eigenvalue weighted by atomic mass is 16.1. The summed E-state index contributed by atoms with van der Waals surface area (Å²) in [7, 11) is 0. The topological polar surface area (TPSA) is 20.3 Å². The Balaban J connectivity index is 1.82. The summed E-state index contributed by atoms with van der Waals surface area (Å²) >= 11 is 0. The molecule has 0 N–H and O–H groups in total. The van der Waals surface area contributed by atoms with Gasteiger partial charge in [0.05, 0.1) is 0 Å². The minimum absolute atomic E-state index is 0.270. The predicted molar refractivity (Wildman–Crippen MR) is 79.5 cm³/mol. The van der Waals surface area contributed by atoms with E-state index in [1.807, 2.05) is 31.2 Å². The molecule has 19 heavy (non-hydrogen) atoms. The van der Waals surface area contributed by atoms with Gasteiger partial charge in [0.15, 0.2) is 5.78 Å². The second-order valence-electron chi connectivity index (χ2n) is 6.08. The standard InChI is InChI=1S/C17H25NO/c1-13-4-6-16(7-5-13)17(19)9-11-18-10-8-14(2)15(3)12-18/h4-7,14-15H,8-12H2,1-3H3. The van der Waals surface area contributed by atoms with Crippen molar-refractivity contribution in [3.63, 3.8) is 0 Å². The van der Waals surface area contributed by atoms with Crippen LogP contribution in [0, 0.1) is 18.8 Å². The molecule has 1 aliphatic heterocycles. The molecule has 104 valence electrons. The number of piperidine rings is 1. The highest BCUT2D eigenvalue weighted by Gasteiger charge is 2.22. The number of likely N-dealkylation sites (tertiary alicyclic amines) is 1. The Morgan fingerprint density at radius 2 is 1.89 bits per heavy atom. The van der Waals surface area contributed by atoms with Crippen molar-refractivity contribution in [1.29, 1.82) is 0 Å². The molecule has 1 fully saturated rings. The fourth-order valence-electron chi connectivity index (χ4n) is 2.70. The van der Waals surface area contributed by atoms with Crippen LogP contribution >= 0.6 is 0 Å². The van der Waals surface area contributed by atoms with Gasteiger partial charge in [-0.25, -0.2) is 0 Å². The van der Waals surface area contributed by atoms with E-state index in [0.717, 1.165) is 37.0 Å². The first kappa shape index (κ1) is 14.3. The molecule has 1 aromatic rings. The Morgan fingerprint density at radius 3 is 2.53 bits per heavy atom. The zero-order valence-corrected chi connectivity index (χ0v) is 12.4. The maximum Gasteiger partial charge on any atom is 0.164 e. The fourth-order valence-corrected chi connectivity index (χ4v) is 2.70. The van der Waals surface area contributed by atoms with E-state index in [1.54, 1.807) is 0 Å². The molecule has 1 aromatic carbocycles. The molecule has 2 nitrogen and oxygen atoms in total. The zero-order valence-electron chi connectivity index (χ0n) is 12.4. The zero-order chi connectivity index (χ0) is 13.8. The molecule has 0 amide bonds. The van der Waals surface area contributed by atoms with E-state index < -0.39 is 0 Å². The summed E-state index contributed by atoms with van der Waals surface area (Å²) < 4.78 is 0. The minimum Gasteiger partial charge on any atom is -0.303 e. The Kier molecular flexibility index (Phi) is 4.76. The predicted octanol–water partition coefficient (Wildman–Crippen LogP) is 3.55. The second-order valence-corrected chi connectivity index (χ2v) is 6.08. The number of carbonyl (C=O) groups is 1. The maximum atomic E-state index is 12.1. The van der Waals surface area contributed by atoms with Crippen LogP contribution in [0.5, 0.6) is 0 Å². The first-order valence-corrected chi connectivity index (χ1v) is 7.38. The molecule has 1 aliphatic rings. The first-order valence-electron chi connectivity index (χ1n) is 7.38. The van der Waals surface area contributed by atoms with Crippen LogP contribution in [0.15, 0.2) is 24.3 Å². The Bertz CT molecular complexity index is 423. The molecule has 0 aromatic heterocycles. The normalized spacial score (nSPS) is 24.4. The molecule has 0 radical (unpaired) electrons. The van der Waals surface area contributed by atoms with Crippen molar-refractivity contribution in [3.05, 3.63) is 35.4 Å². The van der Waals surface area contributed by atoms with E-state index in [2.05, 4.69) is 18.7 Å². The molecule has 1 heterocycles. The van der Waals surface area contributed by atoms with Crippen LogP contribution in [-0.2, 0) is 0 Å². The second kappa shape index (κ2) is 6.33. The van der Waals surface area contributed by atoms with Gasteiger partial charge in [-0.05, 0) is 31.7 Å². The first-order chi connectivity index (χ1) is 9.06. The van der Waals surface area contributed by atoms with Crippen LogP contribution in [0.2, 0.25) is 0 Å². The minimum atomic E-state index is 0.270.